The van der Waals surface area contributed by atoms with Gasteiger partial charge in [-0.3, -0.25) is 0 Å². The number of hydrogen-bond donors (Lipinski definition) is 2. The third kappa shape index (κ3) is 6.62. The van der Waals surface area contributed by atoms with Gasteiger partial charge in [-0.05, 0) is 26.3 Å². The van der Waals surface area contributed by atoms with Gasteiger partial charge in [-0.1, -0.05) is 6.92 Å². The first-order valence-corrected chi connectivity index (χ1v) is 2.97. The van der Waals surface area contributed by atoms with Crippen molar-refractivity contribution in [1.29, 1.82) is 0 Å². The summed E-state index contributed by atoms with van der Waals surface area (Å²) in [7, 11) is 0. The minimum Gasteiger partial charge on any atom is -0.330 e. The molecule has 0 aliphatic carbocycles. The molecule has 0 amide bonds. The molecule has 0 bridgehead atoms. The molecule has 0 aliphatic rings. The molecule has 0 fully saturated rings. The van der Waals surface area contributed by atoms with E-state index in [0.29, 0.717) is 12.5 Å². The van der Waals surface area contributed by atoms with E-state index in [1.54, 1.807) is 0 Å². The molecule has 0 heterocycles. The second-order valence-electron chi connectivity index (χ2n) is 2.96. The summed E-state index contributed by atoms with van der Waals surface area (Å²) in [5.74, 6) is 0.405. The Balaban J connectivity index is -0.000000245. The molecule has 66 valence electrons. The van der Waals surface area contributed by atoms with Crippen LogP contribution in [0, 0.1) is 5.92 Å². The molecule has 0 aliphatic heterocycles. The second-order valence-corrected chi connectivity index (χ2v) is 2.96. The van der Waals surface area contributed by atoms with Crippen molar-refractivity contribution in [3.8, 4) is 0 Å². The number of nitrogens with two attached hydrogens (primary N) is 2. The first-order chi connectivity index (χ1) is 3.48. The summed E-state index contributed by atoms with van der Waals surface area (Å²) in [5, 5.41) is 0. The highest BCUT2D eigenvalue weighted by Gasteiger charge is 2.17. The van der Waals surface area contributed by atoms with E-state index >= 15 is 0 Å². The van der Waals surface area contributed by atoms with Gasteiger partial charge < -0.3 is 11.5 Å². The van der Waals surface area contributed by atoms with Crippen molar-refractivity contribution in [2.75, 3.05) is 6.54 Å². The van der Waals surface area contributed by atoms with Crippen LogP contribution in [0.15, 0.2) is 0 Å². The molecular weight excluding hydrogens is 171 g/mol. The van der Waals surface area contributed by atoms with Crippen LogP contribution in [-0.4, -0.2) is 12.1 Å². The van der Waals surface area contributed by atoms with Crippen molar-refractivity contribution in [2.24, 2.45) is 17.4 Å². The molecule has 1 atom stereocenters. The molecule has 4 heteroatoms. The standard InChI is InChI=1S/C6H16N2.2ClH/c1-5(4-7)6(2,3)8;;/h5H,4,7-8H2,1-3H3;2*1H. The fourth-order valence-corrected chi connectivity index (χ4v) is 0.304. The monoisotopic (exact) mass is 188 g/mol. The summed E-state index contributed by atoms with van der Waals surface area (Å²) in [6.45, 7) is 6.71. The van der Waals surface area contributed by atoms with Gasteiger partial charge in [0.15, 0.2) is 0 Å². The first kappa shape index (κ1) is 16.8. The van der Waals surface area contributed by atoms with E-state index in [0.717, 1.165) is 0 Å². The summed E-state index contributed by atoms with van der Waals surface area (Å²) in [5.41, 5.74) is 11.0. The maximum Gasteiger partial charge on any atom is 0.0135 e. The lowest BCUT2D eigenvalue weighted by Crippen LogP contribution is -2.42. The Morgan fingerprint density at radius 1 is 1.30 bits per heavy atom. The lowest BCUT2D eigenvalue weighted by Gasteiger charge is -2.25. The van der Waals surface area contributed by atoms with Crippen LogP contribution in [-0.2, 0) is 0 Å². The molecule has 0 radical (unpaired) electrons. The van der Waals surface area contributed by atoms with Crippen LogP contribution in [0.2, 0.25) is 0 Å². The van der Waals surface area contributed by atoms with E-state index in [9.17, 15) is 0 Å². The average molecular weight is 189 g/mol. The molecule has 10 heavy (non-hydrogen) atoms. The van der Waals surface area contributed by atoms with E-state index in [2.05, 4.69) is 6.92 Å². The predicted molar refractivity (Wildman–Crippen MR) is 51.0 cm³/mol. The summed E-state index contributed by atoms with van der Waals surface area (Å²) in [6, 6.07) is 0. The summed E-state index contributed by atoms with van der Waals surface area (Å²) in [6.07, 6.45) is 0. The van der Waals surface area contributed by atoms with Crippen molar-refractivity contribution in [2.45, 2.75) is 26.3 Å². The van der Waals surface area contributed by atoms with Gasteiger partial charge in [-0.2, -0.15) is 0 Å². The van der Waals surface area contributed by atoms with Gasteiger partial charge in [0.2, 0.25) is 0 Å². The summed E-state index contributed by atoms with van der Waals surface area (Å²) in [4.78, 5) is 0. The van der Waals surface area contributed by atoms with Crippen LogP contribution in [0.1, 0.15) is 20.8 Å². The van der Waals surface area contributed by atoms with Crippen LogP contribution in [0.25, 0.3) is 0 Å². The van der Waals surface area contributed by atoms with Crippen molar-refractivity contribution in [1.82, 2.24) is 0 Å². The number of rotatable bonds is 2. The highest BCUT2D eigenvalue weighted by atomic mass is 35.5. The first-order valence-electron chi connectivity index (χ1n) is 2.97. The van der Waals surface area contributed by atoms with E-state index in [4.69, 9.17) is 11.5 Å². The van der Waals surface area contributed by atoms with Gasteiger partial charge >= 0.3 is 0 Å². The molecule has 0 spiro atoms. The topological polar surface area (TPSA) is 52.0 Å². The molecule has 1 unspecified atom stereocenters. The minimum atomic E-state index is -0.116. The van der Waals surface area contributed by atoms with E-state index in [-0.39, 0.29) is 30.4 Å². The van der Waals surface area contributed by atoms with E-state index in [1.165, 1.54) is 0 Å². The average Bonchev–Trinajstić information content (AvgIpc) is 1.62. The van der Waals surface area contributed by atoms with Gasteiger partial charge in [0.1, 0.15) is 0 Å². The zero-order chi connectivity index (χ0) is 6.78. The Hall–Kier alpha value is 0.500. The number of hydrogen-bond acceptors (Lipinski definition) is 2. The Morgan fingerprint density at radius 3 is 1.60 bits per heavy atom. The molecular formula is C6H18Cl2N2. The lowest BCUT2D eigenvalue weighted by atomic mass is 9.91. The summed E-state index contributed by atoms with van der Waals surface area (Å²) >= 11 is 0. The largest absolute Gasteiger partial charge is 0.330 e. The van der Waals surface area contributed by atoms with Gasteiger partial charge in [0.05, 0.1) is 0 Å². The van der Waals surface area contributed by atoms with Crippen LogP contribution in [0.5, 0.6) is 0 Å². The van der Waals surface area contributed by atoms with Crippen LogP contribution in [0.4, 0.5) is 0 Å². The number of halogens is 2. The van der Waals surface area contributed by atoms with E-state index in [1.807, 2.05) is 13.8 Å². The Morgan fingerprint density at radius 2 is 1.60 bits per heavy atom. The Labute approximate surface area is 75.5 Å². The van der Waals surface area contributed by atoms with Gasteiger partial charge in [-0.15, -0.1) is 24.8 Å². The van der Waals surface area contributed by atoms with Gasteiger partial charge in [-0.25, -0.2) is 0 Å². The van der Waals surface area contributed by atoms with Crippen molar-refractivity contribution in [3.05, 3.63) is 0 Å². The van der Waals surface area contributed by atoms with Gasteiger partial charge in [0.25, 0.3) is 0 Å². The normalized spacial score (nSPS) is 12.9. The van der Waals surface area contributed by atoms with Crippen LogP contribution >= 0.6 is 24.8 Å². The fraction of sp³-hybridized carbons (Fsp3) is 1.00. The Kier molecular flexibility index (Phi) is 10.5. The quantitative estimate of drug-likeness (QED) is 0.684. The SMILES string of the molecule is CC(CN)C(C)(C)N.Cl.Cl. The zero-order valence-corrected chi connectivity index (χ0v) is 8.39. The van der Waals surface area contributed by atoms with Crippen molar-refractivity contribution in [3.63, 3.8) is 0 Å². The highest BCUT2D eigenvalue weighted by molar-refractivity contribution is 5.85. The maximum atomic E-state index is 5.71. The smallest absolute Gasteiger partial charge is 0.0135 e. The fourth-order valence-electron chi connectivity index (χ4n) is 0.304. The molecule has 0 saturated heterocycles. The van der Waals surface area contributed by atoms with Crippen LogP contribution < -0.4 is 11.5 Å². The predicted octanol–water partition coefficient (Wildman–Crippen LogP) is 1.16. The lowest BCUT2D eigenvalue weighted by molar-refractivity contribution is 0.354. The van der Waals surface area contributed by atoms with Gasteiger partial charge in [0, 0.05) is 5.54 Å². The van der Waals surface area contributed by atoms with Crippen molar-refractivity contribution < 1.29 is 0 Å². The molecule has 2 nitrogen and oxygen atoms in total. The highest BCUT2D eigenvalue weighted by Crippen LogP contribution is 2.09. The Bertz CT molecular complexity index is 70.6. The van der Waals surface area contributed by atoms with Crippen LogP contribution in [0.3, 0.4) is 0 Å². The molecule has 4 N–H and O–H groups in total. The van der Waals surface area contributed by atoms with E-state index < -0.39 is 0 Å². The molecule has 0 aromatic rings. The van der Waals surface area contributed by atoms with Crippen molar-refractivity contribution >= 4 is 24.8 Å². The summed E-state index contributed by atoms with van der Waals surface area (Å²) < 4.78 is 0. The molecule has 0 aromatic carbocycles. The zero-order valence-electron chi connectivity index (χ0n) is 6.76. The third-order valence-corrected chi connectivity index (χ3v) is 1.62. The second kappa shape index (κ2) is 6.23. The third-order valence-electron chi connectivity index (χ3n) is 1.62. The maximum absolute atomic E-state index is 5.71. The minimum absolute atomic E-state index is 0. The molecule has 0 saturated carbocycles. The molecule has 0 rings (SSSR count). The molecule has 0 aromatic heterocycles.